The Kier molecular flexibility index (Phi) is 2.84. The van der Waals surface area contributed by atoms with Crippen molar-refractivity contribution >= 4 is 11.6 Å². The number of piperidine rings is 1. The minimum Gasteiger partial charge on any atom is -0.309 e. The van der Waals surface area contributed by atoms with Crippen LogP contribution in [0.4, 0.5) is 5.69 Å². The van der Waals surface area contributed by atoms with Gasteiger partial charge in [0.05, 0.1) is 17.8 Å². The number of fused-ring (bicyclic) bond motifs is 1. The van der Waals surface area contributed by atoms with Crippen molar-refractivity contribution in [1.82, 2.24) is 14.7 Å². The monoisotopic (exact) mass is 274 g/mol. The number of carbonyl (C=O) groups is 1. The molecule has 20 heavy (non-hydrogen) atoms. The van der Waals surface area contributed by atoms with Crippen molar-refractivity contribution in [2.45, 2.75) is 19.3 Å². The van der Waals surface area contributed by atoms with Crippen molar-refractivity contribution < 1.29 is 4.79 Å². The van der Waals surface area contributed by atoms with Gasteiger partial charge in [0.2, 0.25) is 5.91 Å². The molecule has 2 aliphatic heterocycles. The minimum atomic E-state index is 0.211. The molecule has 5 nitrogen and oxygen atoms in total. The Morgan fingerprint density at radius 1 is 1.30 bits per heavy atom. The summed E-state index contributed by atoms with van der Waals surface area (Å²) in [5.74, 6) is 2.02. The lowest BCUT2D eigenvalue weighted by molar-refractivity contribution is -0.124. The summed E-state index contributed by atoms with van der Waals surface area (Å²) in [5.41, 5.74) is 0.955. The lowest BCUT2D eigenvalue weighted by Crippen LogP contribution is -2.45. The molecule has 1 aromatic heterocycles. The predicted molar refractivity (Wildman–Crippen MR) is 76.3 cm³/mol. The SMILES string of the molecule is Cn1cc(N2CC[C@@H]3CN(CC4CC4)C[C@@H]3C2=O)cn1. The van der Waals surface area contributed by atoms with Crippen LogP contribution in [-0.4, -0.2) is 46.8 Å². The largest absolute Gasteiger partial charge is 0.309 e. The first kappa shape index (κ1) is 12.4. The molecular weight excluding hydrogens is 252 g/mol. The Morgan fingerprint density at radius 3 is 2.85 bits per heavy atom. The highest BCUT2D eigenvalue weighted by Gasteiger charge is 2.44. The van der Waals surface area contributed by atoms with Gasteiger partial charge in [-0.1, -0.05) is 0 Å². The Balaban J connectivity index is 1.47. The van der Waals surface area contributed by atoms with E-state index in [1.165, 1.54) is 19.4 Å². The molecule has 0 bridgehead atoms. The lowest BCUT2D eigenvalue weighted by Gasteiger charge is -2.32. The summed E-state index contributed by atoms with van der Waals surface area (Å²) in [7, 11) is 1.90. The number of hydrogen-bond donors (Lipinski definition) is 0. The molecule has 0 aromatic carbocycles. The van der Waals surface area contributed by atoms with Gasteiger partial charge in [-0.2, -0.15) is 5.10 Å². The van der Waals surface area contributed by atoms with Crippen LogP contribution in [0.2, 0.25) is 0 Å². The van der Waals surface area contributed by atoms with E-state index in [-0.39, 0.29) is 5.92 Å². The van der Waals surface area contributed by atoms with Gasteiger partial charge in [-0.3, -0.25) is 9.48 Å². The fourth-order valence-electron chi connectivity index (χ4n) is 3.76. The number of carbonyl (C=O) groups excluding carboxylic acids is 1. The fraction of sp³-hybridized carbons (Fsp3) is 0.733. The van der Waals surface area contributed by atoms with Crippen LogP contribution >= 0.6 is 0 Å². The van der Waals surface area contributed by atoms with Gasteiger partial charge in [-0.05, 0) is 31.1 Å². The van der Waals surface area contributed by atoms with Crippen LogP contribution in [0.3, 0.4) is 0 Å². The normalized spacial score (nSPS) is 30.9. The minimum absolute atomic E-state index is 0.211. The molecule has 5 heteroatoms. The van der Waals surface area contributed by atoms with Crippen molar-refractivity contribution in [1.29, 1.82) is 0 Å². The lowest BCUT2D eigenvalue weighted by atomic mass is 9.88. The van der Waals surface area contributed by atoms with Gasteiger partial charge >= 0.3 is 0 Å². The van der Waals surface area contributed by atoms with Crippen LogP contribution in [-0.2, 0) is 11.8 Å². The van der Waals surface area contributed by atoms with Crippen LogP contribution in [0.15, 0.2) is 12.4 Å². The first-order chi connectivity index (χ1) is 9.70. The molecule has 2 saturated heterocycles. The highest BCUT2D eigenvalue weighted by Crippen LogP contribution is 2.37. The van der Waals surface area contributed by atoms with Crippen LogP contribution < -0.4 is 4.90 Å². The predicted octanol–water partition coefficient (Wildman–Crippen LogP) is 1.11. The third-order valence-corrected chi connectivity index (χ3v) is 5.04. The summed E-state index contributed by atoms with van der Waals surface area (Å²) in [4.78, 5) is 17.2. The van der Waals surface area contributed by atoms with Gasteiger partial charge in [0.15, 0.2) is 0 Å². The number of hydrogen-bond acceptors (Lipinski definition) is 3. The first-order valence-electron chi connectivity index (χ1n) is 7.73. The zero-order chi connectivity index (χ0) is 13.7. The summed E-state index contributed by atoms with van der Waals surface area (Å²) in [6, 6.07) is 0. The standard InChI is InChI=1S/C15H22N4O/c1-17-9-13(6-16-17)19-5-4-12-8-18(7-11-2-3-11)10-14(12)15(19)20/h6,9,11-12,14H,2-5,7-8,10H2,1H3/t12-,14+/m1/s1. The molecule has 1 saturated carbocycles. The summed E-state index contributed by atoms with van der Waals surface area (Å²) in [5, 5.41) is 4.19. The van der Waals surface area contributed by atoms with Crippen molar-refractivity contribution in [2.75, 3.05) is 31.1 Å². The van der Waals surface area contributed by atoms with Gasteiger partial charge in [-0.15, -0.1) is 0 Å². The number of anilines is 1. The Hall–Kier alpha value is -1.36. The van der Waals surface area contributed by atoms with Crippen LogP contribution in [0, 0.1) is 17.8 Å². The number of aromatic nitrogens is 2. The second-order valence-corrected chi connectivity index (χ2v) is 6.68. The molecule has 0 unspecified atom stereocenters. The second-order valence-electron chi connectivity index (χ2n) is 6.68. The molecule has 1 aromatic rings. The Morgan fingerprint density at radius 2 is 2.15 bits per heavy atom. The van der Waals surface area contributed by atoms with E-state index in [4.69, 9.17) is 0 Å². The highest BCUT2D eigenvalue weighted by atomic mass is 16.2. The molecule has 4 rings (SSSR count). The maximum Gasteiger partial charge on any atom is 0.231 e. The zero-order valence-corrected chi connectivity index (χ0v) is 12.0. The second kappa shape index (κ2) is 4.58. The van der Waals surface area contributed by atoms with E-state index in [2.05, 4.69) is 10.00 Å². The molecule has 1 amide bonds. The van der Waals surface area contributed by atoms with E-state index in [0.29, 0.717) is 11.8 Å². The van der Waals surface area contributed by atoms with Gasteiger partial charge in [0.25, 0.3) is 0 Å². The molecule has 0 radical (unpaired) electrons. The van der Waals surface area contributed by atoms with Crippen molar-refractivity contribution in [3.8, 4) is 0 Å². The molecule has 3 heterocycles. The average molecular weight is 274 g/mol. The molecule has 3 fully saturated rings. The van der Waals surface area contributed by atoms with E-state index in [0.717, 1.165) is 37.7 Å². The molecule has 108 valence electrons. The Labute approximate surface area is 119 Å². The van der Waals surface area contributed by atoms with Crippen LogP contribution in [0.25, 0.3) is 0 Å². The molecule has 0 N–H and O–H groups in total. The smallest absolute Gasteiger partial charge is 0.231 e. The Bertz CT molecular complexity index is 522. The quantitative estimate of drug-likeness (QED) is 0.829. The van der Waals surface area contributed by atoms with Gasteiger partial charge in [0, 0.05) is 39.4 Å². The van der Waals surface area contributed by atoms with Crippen molar-refractivity contribution in [3.63, 3.8) is 0 Å². The van der Waals surface area contributed by atoms with Gasteiger partial charge in [0.1, 0.15) is 0 Å². The zero-order valence-electron chi connectivity index (χ0n) is 12.0. The van der Waals surface area contributed by atoms with Crippen molar-refractivity contribution in [2.24, 2.45) is 24.8 Å². The maximum atomic E-state index is 12.7. The maximum absolute atomic E-state index is 12.7. The number of aryl methyl sites for hydroxylation is 1. The molecular formula is C15H22N4O. The average Bonchev–Trinajstić information content (AvgIpc) is 2.96. The summed E-state index contributed by atoms with van der Waals surface area (Å²) in [6.07, 6.45) is 7.65. The van der Waals surface area contributed by atoms with Gasteiger partial charge < -0.3 is 9.80 Å². The van der Waals surface area contributed by atoms with E-state index in [1.807, 2.05) is 18.1 Å². The van der Waals surface area contributed by atoms with Crippen LogP contribution in [0.5, 0.6) is 0 Å². The fourth-order valence-corrected chi connectivity index (χ4v) is 3.76. The molecule has 3 aliphatic rings. The van der Waals surface area contributed by atoms with E-state index in [9.17, 15) is 4.79 Å². The number of likely N-dealkylation sites (tertiary alicyclic amines) is 1. The van der Waals surface area contributed by atoms with E-state index < -0.39 is 0 Å². The van der Waals surface area contributed by atoms with E-state index >= 15 is 0 Å². The summed E-state index contributed by atoms with van der Waals surface area (Å²) < 4.78 is 1.77. The van der Waals surface area contributed by atoms with Gasteiger partial charge in [-0.25, -0.2) is 0 Å². The van der Waals surface area contributed by atoms with E-state index in [1.54, 1.807) is 10.9 Å². The van der Waals surface area contributed by atoms with Crippen LogP contribution in [0.1, 0.15) is 19.3 Å². The highest BCUT2D eigenvalue weighted by molar-refractivity contribution is 5.96. The third-order valence-electron chi connectivity index (χ3n) is 5.04. The molecule has 0 spiro atoms. The molecule has 1 aliphatic carbocycles. The van der Waals surface area contributed by atoms with Crippen molar-refractivity contribution in [3.05, 3.63) is 12.4 Å². The number of amides is 1. The number of nitrogens with zero attached hydrogens (tertiary/aromatic N) is 4. The third kappa shape index (κ3) is 2.14. The topological polar surface area (TPSA) is 41.4 Å². The first-order valence-corrected chi connectivity index (χ1v) is 7.73. The number of rotatable bonds is 3. The summed E-state index contributed by atoms with van der Waals surface area (Å²) >= 11 is 0. The molecule has 2 atom stereocenters. The summed E-state index contributed by atoms with van der Waals surface area (Å²) in [6.45, 7) is 4.17.